The third-order valence-electron chi connectivity index (χ3n) is 2.39. The van der Waals surface area contributed by atoms with E-state index in [9.17, 15) is 0 Å². The molecule has 0 aliphatic carbocycles. The van der Waals surface area contributed by atoms with Gasteiger partial charge in [-0.25, -0.2) is 0 Å². The first kappa shape index (κ1) is 13.0. The van der Waals surface area contributed by atoms with Crippen LogP contribution in [0.1, 0.15) is 18.0 Å². The Labute approximate surface area is 108 Å². The number of H-pyrrole nitrogens is 1. The molecule has 5 heteroatoms. The molecule has 1 aromatic heterocycles. The first-order valence-corrected chi connectivity index (χ1v) is 5.40. The maximum Gasteiger partial charge on any atom is 0.0641 e. The highest BCUT2D eigenvalue weighted by atomic mass is 79.9. The number of fused-ring (bicyclic) bond motifs is 1. The molecule has 0 saturated heterocycles. The summed E-state index contributed by atoms with van der Waals surface area (Å²) in [6.45, 7) is 0. The van der Waals surface area contributed by atoms with Crippen molar-refractivity contribution in [3.05, 3.63) is 34.4 Å². The number of nitrogens with one attached hydrogen (secondary N) is 1. The Morgan fingerprint density at radius 3 is 2.94 bits per heavy atom. The van der Waals surface area contributed by atoms with Gasteiger partial charge in [0.05, 0.1) is 12.5 Å². The van der Waals surface area contributed by atoms with E-state index < -0.39 is 0 Å². The second kappa shape index (κ2) is 5.35. The molecule has 3 nitrogen and oxygen atoms in total. The van der Waals surface area contributed by atoms with Crippen LogP contribution in [0.4, 0.5) is 0 Å². The van der Waals surface area contributed by atoms with Crippen LogP contribution in [0.2, 0.25) is 0 Å². The standard InChI is InChI=1S/C11H10BrN3.ClH/c12-7-1-2-11-8(5-7)9(6-15-11)10(14)3-4-13;/h1-2,5-6,10,15H,3,14H2;1H/t10-;/m1./s1. The lowest BCUT2D eigenvalue weighted by Crippen LogP contribution is -2.08. The molecule has 0 aliphatic rings. The summed E-state index contributed by atoms with van der Waals surface area (Å²) in [7, 11) is 0. The molecule has 16 heavy (non-hydrogen) atoms. The second-order valence-corrected chi connectivity index (χ2v) is 4.32. The summed E-state index contributed by atoms with van der Waals surface area (Å²) >= 11 is 3.42. The predicted molar refractivity (Wildman–Crippen MR) is 70.4 cm³/mol. The lowest BCUT2D eigenvalue weighted by molar-refractivity contribution is 0.755. The topological polar surface area (TPSA) is 65.6 Å². The zero-order chi connectivity index (χ0) is 10.8. The Kier molecular flexibility index (Phi) is 4.36. The maximum atomic E-state index is 8.61. The molecule has 0 saturated carbocycles. The van der Waals surface area contributed by atoms with Crippen LogP contribution in [0.3, 0.4) is 0 Å². The van der Waals surface area contributed by atoms with Crippen LogP contribution in [0, 0.1) is 11.3 Å². The highest BCUT2D eigenvalue weighted by Gasteiger charge is 2.11. The van der Waals surface area contributed by atoms with Crippen LogP contribution in [0.5, 0.6) is 0 Å². The normalized spacial score (nSPS) is 11.8. The molecular formula is C11H11BrClN3. The summed E-state index contributed by atoms with van der Waals surface area (Å²) in [5, 5.41) is 9.69. The summed E-state index contributed by atoms with van der Waals surface area (Å²) in [6.07, 6.45) is 2.21. The molecule has 1 atom stereocenters. The fourth-order valence-corrected chi connectivity index (χ4v) is 1.99. The smallest absolute Gasteiger partial charge is 0.0641 e. The van der Waals surface area contributed by atoms with Crippen molar-refractivity contribution in [1.29, 1.82) is 5.26 Å². The number of halogens is 2. The van der Waals surface area contributed by atoms with E-state index in [0.717, 1.165) is 20.9 Å². The van der Waals surface area contributed by atoms with Crippen LogP contribution >= 0.6 is 28.3 Å². The van der Waals surface area contributed by atoms with E-state index in [1.54, 1.807) is 0 Å². The lowest BCUT2D eigenvalue weighted by atomic mass is 10.0. The van der Waals surface area contributed by atoms with Gasteiger partial charge in [-0.3, -0.25) is 0 Å². The Hall–Kier alpha value is -1.02. The summed E-state index contributed by atoms with van der Waals surface area (Å²) < 4.78 is 1.01. The minimum atomic E-state index is -0.224. The van der Waals surface area contributed by atoms with Crippen molar-refractivity contribution in [1.82, 2.24) is 4.98 Å². The van der Waals surface area contributed by atoms with Crippen LogP contribution in [0.25, 0.3) is 10.9 Å². The highest BCUT2D eigenvalue weighted by Crippen LogP contribution is 2.27. The van der Waals surface area contributed by atoms with Crippen LogP contribution in [-0.4, -0.2) is 4.98 Å². The monoisotopic (exact) mass is 299 g/mol. The molecule has 3 N–H and O–H groups in total. The van der Waals surface area contributed by atoms with Gasteiger partial charge in [0.1, 0.15) is 0 Å². The number of aromatic amines is 1. The van der Waals surface area contributed by atoms with Gasteiger partial charge >= 0.3 is 0 Å². The summed E-state index contributed by atoms with van der Waals surface area (Å²) in [5.74, 6) is 0. The summed E-state index contributed by atoms with van der Waals surface area (Å²) in [6, 6.07) is 7.83. The first-order valence-electron chi connectivity index (χ1n) is 4.61. The van der Waals surface area contributed by atoms with Crippen molar-refractivity contribution in [3.8, 4) is 6.07 Å². The number of hydrogen-bond acceptors (Lipinski definition) is 2. The van der Waals surface area contributed by atoms with Crippen molar-refractivity contribution in [3.63, 3.8) is 0 Å². The van der Waals surface area contributed by atoms with Gasteiger partial charge in [-0.1, -0.05) is 15.9 Å². The van der Waals surface area contributed by atoms with Crippen molar-refractivity contribution in [2.45, 2.75) is 12.5 Å². The van der Waals surface area contributed by atoms with Gasteiger partial charge in [-0.05, 0) is 23.8 Å². The van der Waals surface area contributed by atoms with Gasteiger partial charge in [-0.15, -0.1) is 12.4 Å². The van der Waals surface area contributed by atoms with Gasteiger partial charge in [0.15, 0.2) is 0 Å². The maximum absolute atomic E-state index is 8.61. The molecule has 1 heterocycles. The molecule has 0 aliphatic heterocycles. The van der Waals surface area contributed by atoms with Gasteiger partial charge in [0, 0.05) is 27.6 Å². The van der Waals surface area contributed by atoms with E-state index in [-0.39, 0.29) is 18.4 Å². The predicted octanol–water partition coefficient (Wildman–Crippen LogP) is 3.27. The van der Waals surface area contributed by atoms with Gasteiger partial charge in [0.2, 0.25) is 0 Å². The molecule has 0 bridgehead atoms. The molecule has 1 aromatic carbocycles. The number of nitrogens with zero attached hydrogens (tertiary/aromatic N) is 1. The van der Waals surface area contributed by atoms with Gasteiger partial charge in [-0.2, -0.15) is 5.26 Å². The summed E-state index contributed by atoms with van der Waals surface area (Å²) in [4.78, 5) is 3.14. The zero-order valence-electron chi connectivity index (χ0n) is 8.40. The highest BCUT2D eigenvalue weighted by molar-refractivity contribution is 9.10. The number of nitriles is 1. The van der Waals surface area contributed by atoms with E-state index in [2.05, 4.69) is 27.0 Å². The van der Waals surface area contributed by atoms with E-state index in [4.69, 9.17) is 11.0 Å². The molecule has 84 valence electrons. The average molecular weight is 301 g/mol. The van der Waals surface area contributed by atoms with Crippen molar-refractivity contribution >= 4 is 39.2 Å². The van der Waals surface area contributed by atoms with Gasteiger partial charge < -0.3 is 10.7 Å². The summed E-state index contributed by atoms with van der Waals surface area (Å²) in [5.41, 5.74) is 7.94. The van der Waals surface area contributed by atoms with Crippen LogP contribution < -0.4 is 5.73 Å². The molecule has 0 radical (unpaired) electrons. The zero-order valence-corrected chi connectivity index (χ0v) is 10.8. The number of rotatable bonds is 2. The quantitative estimate of drug-likeness (QED) is 0.894. The molecule has 2 aromatic rings. The molecule has 0 unspecified atom stereocenters. The SMILES string of the molecule is Cl.N#CC[C@@H](N)c1c[nH]c2ccc(Br)cc12. The van der Waals surface area contributed by atoms with Crippen molar-refractivity contribution < 1.29 is 0 Å². The number of hydrogen-bond donors (Lipinski definition) is 2. The second-order valence-electron chi connectivity index (χ2n) is 3.40. The van der Waals surface area contributed by atoms with E-state index in [1.165, 1.54) is 0 Å². The molecule has 0 fully saturated rings. The molecule has 2 rings (SSSR count). The number of nitrogens with two attached hydrogens (primary N) is 1. The third-order valence-corrected chi connectivity index (χ3v) is 2.88. The van der Waals surface area contributed by atoms with E-state index >= 15 is 0 Å². The fraction of sp³-hybridized carbons (Fsp3) is 0.182. The Morgan fingerprint density at radius 1 is 1.50 bits per heavy atom. The Balaban J connectivity index is 0.00000128. The fourth-order valence-electron chi connectivity index (χ4n) is 1.63. The van der Waals surface area contributed by atoms with Crippen molar-refractivity contribution in [2.75, 3.05) is 0 Å². The van der Waals surface area contributed by atoms with Gasteiger partial charge in [0.25, 0.3) is 0 Å². The van der Waals surface area contributed by atoms with Crippen LogP contribution in [0.15, 0.2) is 28.9 Å². The lowest BCUT2D eigenvalue weighted by Gasteiger charge is -2.05. The minimum Gasteiger partial charge on any atom is -0.361 e. The molecular weight excluding hydrogens is 289 g/mol. The number of aromatic nitrogens is 1. The van der Waals surface area contributed by atoms with E-state index in [0.29, 0.717) is 6.42 Å². The molecule has 0 amide bonds. The largest absolute Gasteiger partial charge is 0.361 e. The Morgan fingerprint density at radius 2 is 2.25 bits per heavy atom. The first-order chi connectivity index (χ1) is 7.22. The third kappa shape index (κ3) is 2.38. The van der Waals surface area contributed by atoms with E-state index in [1.807, 2.05) is 24.4 Å². The molecule has 0 spiro atoms. The average Bonchev–Trinajstić information content (AvgIpc) is 2.60. The number of benzene rings is 1. The van der Waals surface area contributed by atoms with Crippen LogP contribution in [-0.2, 0) is 0 Å². The van der Waals surface area contributed by atoms with Crippen molar-refractivity contribution in [2.24, 2.45) is 5.73 Å². The Bertz CT molecular complexity index is 529. The minimum absolute atomic E-state index is 0.